The molecule has 0 spiro atoms. The van der Waals surface area contributed by atoms with Gasteiger partial charge >= 0.3 is 0 Å². The SMILES string of the molecule is NC[C@@H](N)c1cccc2c1OCCO2. The number of para-hydroxylation sites is 1. The zero-order valence-electron chi connectivity index (χ0n) is 7.90. The average molecular weight is 194 g/mol. The van der Waals surface area contributed by atoms with Gasteiger partial charge in [-0.1, -0.05) is 12.1 Å². The highest BCUT2D eigenvalue weighted by Crippen LogP contribution is 2.35. The molecule has 0 bridgehead atoms. The first-order valence-corrected chi connectivity index (χ1v) is 4.67. The van der Waals surface area contributed by atoms with Crippen molar-refractivity contribution in [1.29, 1.82) is 0 Å². The Labute approximate surface area is 82.8 Å². The fourth-order valence-corrected chi connectivity index (χ4v) is 1.52. The van der Waals surface area contributed by atoms with Crippen molar-refractivity contribution in [1.82, 2.24) is 0 Å². The zero-order chi connectivity index (χ0) is 9.97. The molecule has 1 aromatic rings. The van der Waals surface area contributed by atoms with Crippen LogP contribution in [0.4, 0.5) is 0 Å². The number of hydrogen-bond donors (Lipinski definition) is 2. The van der Waals surface area contributed by atoms with Gasteiger partial charge in [-0.2, -0.15) is 0 Å². The summed E-state index contributed by atoms with van der Waals surface area (Å²) < 4.78 is 11.0. The molecule has 0 saturated heterocycles. The van der Waals surface area contributed by atoms with Crippen LogP contribution in [0.25, 0.3) is 0 Å². The summed E-state index contributed by atoms with van der Waals surface area (Å²) in [6.07, 6.45) is 0. The Morgan fingerprint density at radius 1 is 1.29 bits per heavy atom. The lowest BCUT2D eigenvalue weighted by Crippen LogP contribution is -2.24. The predicted molar refractivity (Wildman–Crippen MR) is 53.4 cm³/mol. The number of nitrogens with two attached hydrogens (primary N) is 2. The molecule has 2 rings (SSSR count). The second-order valence-electron chi connectivity index (χ2n) is 3.21. The van der Waals surface area contributed by atoms with E-state index in [1.165, 1.54) is 0 Å². The van der Waals surface area contributed by atoms with Crippen LogP contribution in [0.2, 0.25) is 0 Å². The maximum atomic E-state index is 5.86. The highest BCUT2D eigenvalue weighted by molar-refractivity contribution is 5.48. The van der Waals surface area contributed by atoms with Gasteiger partial charge in [-0.25, -0.2) is 0 Å². The molecule has 76 valence electrons. The number of ether oxygens (including phenoxy) is 2. The fraction of sp³-hybridized carbons (Fsp3) is 0.400. The van der Waals surface area contributed by atoms with Gasteiger partial charge in [0, 0.05) is 18.2 Å². The Bertz CT molecular complexity index is 328. The first kappa shape index (κ1) is 9.30. The normalized spacial score (nSPS) is 16.4. The van der Waals surface area contributed by atoms with Crippen molar-refractivity contribution in [3.05, 3.63) is 23.8 Å². The largest absolute Gasteiger partial charge is 0.486 e. The van der Waals surface area contributed by atoms with E-state index in [0.29, 0.717) is 19.8 Å². The third-order valence-corrected chi connectivity index (χ3v) is 2.25. The minimum Gasteiger partial charge on any atom is -0.486 e. The summed E-state index contributed by atoms with van der Waals surface area (Å²) in [6.45, 7) is 1.56. The lowest BCUT2D eigenvalue weighted by atomic mass is 10.1. The molecule has 4 nitrogen and oxygen atoms in total. The molecule has 1 aliphatic rings. The van der Waals surface area contributed by atoms with Gasteiger partial charge in [-0.05, 0) is 6.07 Å². The van der Waals surface area contributed by atoms with E-state index in [0.717, 1.165) is 17.1 Å². The molecular formula is C10H14N2O2. The van der Waals surface area contributed by atoms with Gasteiger partial charge in [-0.15, -0.1) is 0 Å². The van der Waals surface area contributed by atoms with Gasteiger partial charge in [0.15, 0.2) is 11.5 Å². The third kappa shape index (κ3) is 1.54. The minimum absolute atomic E-state index is 0.188. The molecule has 0 aromatic heterocycles. The van der Waals surface area contributed by atoms with Crippen LogP contribution in [0.3, 0.4) is 0 Å². The summed E-state index contributed by atoms with van der Waals surface area (Å²) in [6, 6.07) is 5.51. The van der Waals surface area contributed by atoms with Gasteiger partial charge in [0.2, 0.25) is 0 Å². The lowest BCUT2D eigenvalue weighted by molar-refractivity contribution is 0.169. The Morgan fingerprint density at radius 3 is 2.86 bits per heavy atom. The third-order valence-electron chi connectivity index (χ3n) is 2.25. The Morgan fingerprint density at radius 2 is 2.07 bits per heavy atom. The average Bonchev–Trinajstić information content (AvgIpc) is 2.27. The van der Waals surface area contributed by atoms with Crippen molar-refractivity contribution in [2.45, 2.75) is 6.04 Å². The van der Waals surface area contributed by atoms with Crippen LogP contribution in [0.15, 0.2) is 18.2 Å². The van der Waals surface area contributed by atoms with Gasteiger partial charge in [-0.3, -0.25) is 0 Å². The van der Waals surface area contributed by atoms with Gasteiger partial charge in [0.05, 0.1) is 0 Å². The van der Waals surface area contributed by atoms with E-state index in [4.69, 9.17) is 20.9 Å². The van der Waals surface area contributed by atoms with E-state index in [2.05, 4.69) is 0 Å². The quantitative estimate of drug-likeness (QED) is 0.715. The van der Waals surface area contributed by atoms with Crippen molar-refractivity contribution in [2.75, 3.05) is 19.8 Å². The van der Waals surface area contributed by atoms with Gasteiger partial charge < -0.3 is 20.9 Å². The van der Waals surface area contributed by atoms with Gasteiger partial charge in [0.1, 0.15) is 13.2 Å². The van der Waals surface area contributed by atoms with Crippen molar-refractivity contribution in [2.24, 2.45) is 11.5 Å². The van der Waals surface area contributed by atoms with E-state index in [-0.39, 0.29) is 6.04 Å². The van der Waals surface area contributed by atoms with Crippen LogP contribution in [-0.4, -0.2) is 19.8 Å². The van der Waals surface area contributed by atoms with E-state index in [9.17, 15) is 0 Å². The monoisotopic (exact) mass is 194 g/mol. The smallest absolute Gasteiger partial charge is 0.166 e. The first-order chi connectivity index (χ1) is 6.83. The highest BCUT2D eigenvalue weighted by atomic mass is 16.6. The number of benzene rings is 1. The summed E-state index contributed by atoms with van der Waals surface area (Å²) in [7, 11) is 0. The molecule has 0 radical (unpaired) electrons. The van der Waals surface area contributed by atoms with E-state index < -0.39 is 0 Å². The number of hydrogen-bond acceptors (Lipinski definition) is 4. The first-order valence-electron chi connectivity index (χ1n) is 4.67. The number of fused-ring (bicyclic) bond motifs is 1. The summed E-state index contributed by atoms with van der Waals surface area (Å²) in [5.41, 5.74) is 12.3. The topological polar surface area (TPSA) is 70.5 Å². The molecule has 4 heteroatoms. The second-order valence-corrected chi connectivity index (χ2v) is 3.21. The van der Waals surface area contributed by atoms with E-state index in [1.54, 1.807) is 0 Å². The van der Waals surface area contributed by atoms with Crippen molar-refractivity contribution in [3.8, 4) is 11.5 Å². The predicted octanol–water partition coefficient (Wildman–Crippen LogP) is 0.416. The summed E-state index contributed by atoms with van der Waals surface area (Å²) in [5, 5.41) is 0. The standard InChI is InChI=1S/C10H14N2O2/c11-6-8(12)7-2-1-3-9-10(7)14-5-4-13-9/h1-3,8H,4-6,11-12H2/t8-/m1/s1. The van der Waals surface area contributed by atoms with E-state index in [1.807, 2.05) is 18.2 Å². The van der Waals surface area contributed by atoms with Crippen LogP contribution in [-0.2, 0) is 0 Å². The zero-order valence-corrected chi connectivity index (χ0v) is 7.90. The minimum atomic E-state index is -0.188. The molecule has 1 heterocycles. The molecule has 0 amide bonds. The van der Waals surface area contributed by atoms with Crippen LogP contribution in [0.5, 0.6) is 11.5 Å². The molecule has 0 saturated carbocycles. The fourth-order valence-electron chi connectivity index (χ4n) is 1.52. The van der Waals surface area contributed by atoms with Crippen molar-refractivity contribution in [3.63, 3.8) is 0 Å². The molecule has 1 aliphatic heterocycles. The molecular weight excluding hydrogens is 180 g/mol. The van der Waals surface area contributed by atoms with E-state index >= 15 is 0 Å². The molecule has 0 fully saturated rings. The summed E-state index contributed by atoms with van der Waals surface area (Å²) in [5.74, 6) is 1.51. The molecule has 4 N–H and O–H groups in total. The maximum absolute atomic E-state index is 5.86. The van der Waals surface area contributed by atoms with Crippen LogP contribution in [0, 0.1) is 0 Å². The van der Waals surface area contributed by atoms with Crippen molar-refractivity contribution >= 4 is 0 Å². The Balaban J connectivity index is 2.39. The maximum Gasteiger partial charge on any atom is 0.166 e. The summed E-state index contributed by atoms with van der Waals surface area (Å²) >= 11 is 0. The van der Waals surface area contributed by atoms with Crippen molar-refractivity contribution < 1.29 is 9.47 Å². The number of rotatable bonds is 2. The molecule has 0 unspecified atom stereocenters. The molecule has 0 aliphatic carbocycles. The van der Waals surface area contributed by atoms with Gasteiger partial charge in [0.25, 0.3) is 0 Å². The van der Waals surface area contributed by atoms with Crippen LogP contribution >= 0.6 is 0 Å². The molecule has 14 heavy (non-hydrogen) atoms. The van der Waals surface area contributed by atoms with Crippen LogP contribution < -0.4 is 20.9 Å². The van der Waals surface area contributed by atoms with Crippen LogP contribution in [0.1, 0.15) is 11.6 Å². The summed E-state index contributed by atoms with van der Waals surface area (Å²) in [4.78, 5) is 0. The Kier molecular flexibility index (Phi) is 2.56. The lowest BCUT2D eigenvalue weighted by Gasteiger charge is -2.22. The highest BCUT2D eigenvalue weighted by Gasteiger charge is 2.18. The molecule has 1 aromatic carbocycles. The Hall–Kier alpha value is -1.26. The molecule has 1 atom stereocenters. The second kappa shape index (κ2) is 3.86.